The van der Waals surface area contributed by atoms with Gasteiger partial charge < -0.3 is 14.7 Å². The van der Waals surface area contributed by atoms with E-state index in [0.29, 0.717) is 38.5 Å². The molecule has 0 bridgehead atoms. The molecule has 1 aliphatic carbocycles. The first kappa shape index (κ1) is 19.2. The van der Waals surface area contributed by atoms with Crippen LogP contribution in [0.15, 0.2) is 18.6 Å². The molecule has 0 radical (unpaired) electrons. The van der Waals surface area contributed by atoms with Gasteiger partial charge in [0.05, 0.1) is 12.1 Å². The first-order valence-electron chi connectivity index (χ1n) is 10.8. The van der Waals surface area contributed by atoms with Crippen molar-refractivity contribution < 1.29 is 9.59 Å². The standard InChI is InChI=1S/C21H31N5O2/c27-20-8-7-17(16-26(20)18-5-3-1-2-4-6-18)21(28)25-13-11-24(12-14-25)19-15-22-9-10-23-19/h9-10,15,17-18H,1-8,11-14,16H2/t17-/m0/s1. The van der Waals surface area contributed by atoms with Gasteiger partial charge in [-0.3, -0.25) is 14.6 Å². The topological polar surface area (TPSA) is 69.6 Å². The molecule has 7 heteroatoms. The summed E-state index contributed by atoms with van der Waals surface area (Å²) in [6.07, 6.45) is 13.5. The van der Waals surface area contributed by atoms with Crippen LogP contribution >= 0.6 is 0 Å². The number of likely N-dealkylation sites (tertiary alicyclic amines) is 1. The molecular weight excluding hydrogens is 354 g/mol. The minimum absolute atomic E-state index is 0.0379. The van der Waals surface area contributed by atoms with E-state index in [1.807, 2.05) is 9.80 Å². The van der Waals surface area contributed by atoms with Crippen molar-refractivity contribution in [3.05, 3.63) is 18.6 Å². The van der Waals surface area contributed by atoms with Gasteiger partial charge in [0.15, 0.2) is 0 Å². The van der Waals surface area contributed by atoms with Gasteiger partial charge in [0.2, 0.25) is 11.8 Å². The lowest BCUT2D eigenvalue weighted by molar-refractivity contribution is -0.145. The molecule has 7 nitrogen and oxygen atoms in total. The Balaban J connectivity index is 1.33. The Morgan fingerprint density at radius 2 is 1.71 bits per heavy atom. The maximum absolute atomic E-state index is 13.1. The summed E-state index contributed by atoms with van der Waals surface area (Å²) in [5, 5.41) is 0. The van der Waals surface area contributed by atoms with Gasteiger partial charge in [-0.15, -0.1) is 0 Å². The van der Waals surface area contributed by atoms with Crippen LogP contribution in [-0.2, 0) is 9.59 Å². The number of piperidine rings is 1. The zero-order chi connectivity index (χ0) is 19.3. The van der Waals surface area contributed by atoms with E-state index in [2.05, 4.69) is 14.9 Å². The van der Waals surface area contributed by atoms with Crippen LogP contribution in [0.25, 0.3) is 0 Å². The Morgan fingerprint density at radius 3 is 2.39 bits per heavy atom. The van der Waals surface area contributed by atoms with Crippen LogP contribution in [-0.4, -0.2) is 70.3 Å². The lowest BCUT2D eigenvalue weighted by Crippen LogP contribution is -2.54. The summed E-state index contributed by atoms with van der Waals surface area (Å²) in [6, 6.07) is 0.346. The van der Waals surface area contributed by atoms with Gasteiger partial charge in [0, 0.05) is 57.6 Å². The van der Waals surface area contributed by atoms with Crippen molar-refractivity contribution in [2.75, 3.05) is 37.6 Å². The van der Waals surface area contributed by atoms with Crippen LogP contribution in [0.2, 0.25) is 0 Å². The minimum atomic E-state index is -0.0379. The molecule has 1 saturated carbocycles. The molecule has 1 aromatic heterocycles. The lowest BCUT2D eigenvalue weighted by Gasteiger charge is -2.41. The van der Waals surface area contributed by atoms with Gasteiger partial charge in [0.1, 0.15) is 5.82 Å². The van der Waals surface area contributed by atoms with Crippen LogP contribution in [0, 0.1) is 5.92 Å². The zero-order valence-electron chi connectivity index (χ0n) is 16.6. The van der Waals surface area contributed by atoms with Gasteiger partial charge in [-0.25, -0.2) is 4.98 Å². The van der Waals surface area contributed by atoms with Crippen molar-refractivity contribution >= 4 is 17.6 Å². The second-order valence-corrected chi connectivity index (χ2v) is 8.30. The fraction of sp³-hybridized carbons (Fsp3) is 0.714. The average Bonchev–Trinajstić information content (AvgIpc) is 3.04. The second-order valence-electron chi connectivity index (χ2n) is 8.30. The maximum atomic E-state index is 13.1. The molecule has 0 N–H and O–H groups in total. The molecule has 0 unspecified atom stereocenters. The molecule has 0 aromatic carbocycles. The number of nitrogens with zero attached hydrogens (tertiary/aromatic N) is 5. The molecule has 4 rings (SSSR count). The van der Waals surface area contributed by atoms with E-state index in [-0.39, 0.29) is 17.7 Å². The number of anilines is 1. The first-order valence-corrected chi connectivity index (χ1v) is 10.8. The van der Waals surface area contributed by atoms with Gasteiger partial charge in [0.25, 0.3) is 0 Å². The van der Waals surface area contributed by atoms with Crippen molar-refractivity contribution in [3.8, 4) is 0 Å². The van der Waals surface area contributed by atoms with E-state index in [1.54, 1.807) is 18.6 Å². The normalized spacial score (nSPS) is 24.9. The van der Waals surface area contributed by atoms with E-state index in [4.69, 9.17) is 0 Å². The third-order valence-corrected chi connectivity index (χ3v) is 6.52. The third-order valence-electron chi connectivity index (χ3n) is 6.52. The number of carbonyl (C=O) groups is 2. The fourth-order valence-electron chi connectivity index (χ4n) is 4.86. The first-order chi connectivity index (χ1) is 13.7. The van der Waals surface area contributed by atoms with Gasteiger partial charge in [-0.05, 0) is 19.3 Å². The van der Waals surface area contributed by atoms with Crippen molar-refractivity contribution in [3.63, 3.8) is 0 Å². The highest BCUT2D eigenvalue weighted by atomic mass is 16.2. The van der Waals surface area contributed by atoms with E-state index in [1.165, 1.54) is 25.7 Å². The van der Waals surface area contributed by atoms with Crippen molar-refractivity contribution in [1.82, 2.24) is 19.8 Å². The third kappa shape index (κ3) is 4.28. The van der Waals surface area contributed by atoms with Crippen LogP contribution in [0.4, 0.5) is 5.82 Å². The number of hydrogen-bond donors (Lipinski definition) is 0. The second kappa shape index (κ2) is 8.88. The van der Waals surface area contributed by atoms with Crippen LogP contribution in [0.1, 0.15) is 51.4 Å². The smallest absolute Gasteiger partial charge is 0.227 e. The number of rotatable bonds is 3. The highest BCUT2D eigenvalue weighted by Gasteiger charge is 2.36. The highest BCUT2D eigenvalue weighted by Crippen LogP contribution is 2.28. The van der Waals surface area contributed by atoms with Gasteiger partial charge >= 0.3 is 0 Å². The van der Waals surface area contributed by atoms with Crippen molar-refractivity contribution in [2.45, 2.75) is 57.4 Å². The summed E-state index contributed by atoms with van der Waals surface area (Å²) in [5.74, 6) is 1.31. The highest BCUT2D eigenvalue weighted by molar-refractivity contribution is 5.84. The SMILES string of the molecule is O=C([C@H]1CCC(=O)N(C2CCCCCC2)C1)N1CCN(c2cnccn2)CC1. The Hall–Kier alpha value is -2.18. The maximum Gasteiger partial charge on any atom is 0.227 e. The Kier molecular flexibility index (Phi) is 6.07. The Bertz CT molecular complexity index is 667. The van der Waals surface area contributed by atoms with Gasteiger partial charge in [-0.1, -0.05) is 25.7 Å². The van der Waals surface area contributed by atoms with Crippen molar-refractivity contribution in [1.29, 1.82) is 0 Å². The predicted molar refractivity (Wildman–Crippen MR) is 107 cm³/mol. The molecule has 3 aliphatic rings. The average molecular weight is 386 g/mol. The molecule has 2 aliphatic heterocycles. The van der Waals surface area contributed by atoms with Gasteiger partial charge in [-0.2, -0.15) is 0 Å². The molecule has 3 heterocycles. The quantitative estimate of drug-likeness (QED) is 0.745. The molecule has 1 atom stereocenters. The molecule has 28 heavy (non-hydrogen) atoms. The Labute approximate surface area is 167 Å². The fourth-order valence-corrected chi connectivity index (χ4v) is 4.86. The summed E-state index contributed by atoms with van der Waals surface area (Å²) in [4.78, 5) is 40.4. The summed E-state index contributed by atoms with van der Waals surface area (Å²) in [7, 11) is 0. The Morgan fingerprint density at radius 1 is 0.964 bits per heavy atom. The number of amides is 2. The predicted octanol–water partition coefficient (Wildman–Crippen LogP) is 2.09. The minimum Gasteiger partial charge on any atom is -0.352 e. The van der Waals surface area contributed by atoms with Crippen molar-refractivity contribution in [2.24, 2.45) is 5.92 Å². The molecule has 152 valence electrons. The van der Waals surface area contributed by atoms with E-state index < -0.39 is 0 Å². The molecule has 2 saturated heterocycles. The molecule has 0 spiro atoms. The van der Waals surface area contributed by atoms with Crippen LogP contribution < -0.4 is 4.90 Å². The van der Waals surface area contributed by atoms with E-state index >= 15 is 0 Å². The number of aromatic nitrogens is 2. The van der Waals surface area contributed by atoms with Crippen LogP contribution in [0.5, 0.6) is 0 Å². The van der Waals surface area contributed by atoms with Crippen LogP contribution in [0.3, 0.4) is 0 Å². The number of hydrogen-bond acceptors (Lipinski definition) is 5. The summed E-state index contributed by atoms with van der Waals surface area (Å²) in [6.45, 7) is 3.60. The number of piperazine rings is 1. The monoisotopic (exact) mass is 385 g/mol. The summed E-state index contributed by atoms with van der Waals surface area (Å²) >= 11 is 0. The molecule has 2 amide bonds. The van der Waals surface area contributed by atoms with E-state index in [9.17, 15) is 9.59 Å². The zero-order valence-corrected chi connectivity index (χ0v) is 16.6. The summed E-state index contributed by atoms with van der Waals surface area (Å²) in [5.41, 5.74) is 0. The largest absolute Gasteiger partial charge is 0.352 e. The lowest BCUT2D eigenvalue weighted by atomic mass is 9.93. The number of carbonyl (C=O) groups excluding carboxylic acids is 2. The molecular formula is C21H31N5O2. The van der Waals surface area contributed by atoms with E-state index in [0.717, 1.165) is 31.7 Å². The summed E-state index contributed by atoms with van der Waals surface area (Å²) < 4.78 is 0. The molecule has 1 aromatic rings. The molecule has 3 fully saturated rings.